The Balaban J connectivity index is 2.35. The molecule has 0 saturated carbocycles. The van der Waals surface area contributed by atoms with Crippen LogP contribution in [0.4, 0.5) is 0 Å². The van der Waals surface area contributed by atoms with Crippen LogP contribution in [0.2, 0.25) is 0 Å². The van der Waals surface area contributed by atoms with Gasteiger partial charge >= 0.3 is 5.97 Å². The van der Waals surface area contributed by atoms with E-state index in [2.05, 4.69) is 0 Å². The van der Waals surface area contributed by atoms with Gasteiger partial charge in [-0.1, -0.05) is 12.1 Å². The number of hydrogen-bond donors (Lipinski definition) is 2. The number of methoxy groups -OCH3 is 1. The first kappa shape index (κ1) is 16.9. The van der Waals surface area contributed by atoms with Gasteiger partial charge in [0.1, 0.15) is 18.5 Å². The van der Waals surface area contributed by atoms with Gasteiger partial charge in [-0.3, -0.25) is 4.79 Å². The third-order valence-electron chi connectivity index (χ3n) is 2.69. The third-order valence-corrected chi connectivity index (χ3v) is 2.69. The molecule has 1 unspecified atom stereocenters. The van der Waals surface area contributed by atoms with Crippen molar-refractivity contribution < 1.29 is 29.3 Å². The topological polar surface area (TPSA) is 93.1 Å². The fourth-order valence-electron chi connectivity index (χ4n) is 1.46. The zero-order chi connectivity index (χ0) is 15.7. The minimum Gasteiger partial charge on any atom is -0.497 e. The third kappa shape index (κ3) is 6.20. The minimum absolute atomic E-state index is 0.0402. The van der Waals surface area contributed by atoms with Crippen molar-refractivity contribution in [1.29, 1.82) is 0 Å². The molecule has 1 aromatic carbocycles. The Kier molecular flexibility index (Phi) is 7.14. The molecule has 21 heavy (non-hydrogen) atoms. The van der Waals surface area contributed by atoms with E-state index in [1.807, 2.05) is 0 Å². The van der Waals surface area contributed by atoms with Crippen LogP contribution >= 0.6 is 0 Å². The van der Waals surface area contributed by atoms with Crippen molar-refractivity contribution in [1.82, 2.24) is 0 Å². The number of hydrogen-bond acceptors (Lipinski definition) is 6. The molecule has 2 N–H and O–H groups in total. The van der Waals surface area contributed by atoms with Crippen LogP contribution in [-0.4, -0.2) is 48.4 Å². The Hall–Kier alpha value is -2.18. The maximum absolute atomic E-state index is 11.4. The number of rotatable bonds is 8. The van der Waals surface area contributed by atoms with Gasteiger partial charge in [0.2, 0.25) is 0 Å². The standard InChI is InChI=1S/C15H18O6/c1-20-12-5-2-11(3-6-12)4-7-15(19)21-9-8-13(17)14(18)10-16/h2-7,13,16-17H,8-10H2,1H3/b7-4+. The zero-order valence-corrected chi connectivity index (χ0v) is 11.7. The molecule has 0 spiro atoms. The van der Waals surface area contributed by atoms with Gasteiger partial charge in [-0.15, -0.1) is 0 Å². The van der Waals surface area contributed by atoms with Gasteiger partial charge in [-0.2, -0.15) is 0 Å². The molecule has 0 aliphatic carbocycles. The summed E-state index contributed by atoms with van der Waals surface area (Å²) in [5.41, 5.74) is 0.809. The van der Waals surface area contributed by atoms with Crippen molar-refractivity contribution in [3.63, 3.8) is 0 Å². The molecule has 0 heterocycles. The summed E-state index contributed by atoms with van der Waals surface area (Å²) in [7, 11) is 1.57. The summed E-state index contributed by atoms with van der Waals surface area (Å²) in [6, 6.07) is 7.10. The molecule has 0 saturated heterocycles. The summed E-state index contributed by atoms with van der Waals surface area (Å²) in [5.74, 6) is -0.549. The molecule has 0 radical (unpaired) electrons. The van der Waals surface area contributed by atoms with Crippen LogP contribution in [-0.2, 0) is 14.3 Å². The fourth-order valence-corrected chi connectivity index (χ4v) is 1.46. The Morgan fingerprint density at radius 3 is 2.52 bits per heavy atom. The van der Waals surface area contributed by atoms with E-state index in [0.717, 1.165) is 11.3 Å². The molecule has 1 aromatic rings. The van der Waals surface area contributed by atoms with Gasteiger partial charge in [0.25, 0.3) is 0 Å². The molecule has 0 aliphatic heterocycles. The summed E-state index contributed by atoms with van der Waals surface area (Å²) >= 11 is 0. The summed E-state index contributed by atoms with van der Waals surface area (Å²) in [4.78, 5) is 22.3. The van der Waals surface area contributed by atoms with Crippen molar-refractivity contribution in [2.45, 2.75) is 12.5 Å². The highest BCUT2D eigenvalue weighted by atomic mass is 16.5. The van der Waals surface area contributed by atoms with Crippen molar-refractivity contribution in [2.75, 3.05) is 20.3 Å². The smallest absolute Gasteiger partial charge is 0.330 e. The number of carbonyl (C=O) groups excluding carboxylic acids is 2. The van der Waals surface area contributed by atoms with Crippen LogP contribution < -0.4 is 4.74 Å². The predicted molar refractivity (Wildman–Crippen MR) is 75.7 cm³/mol. The first-order valence-corrected chi connectivity index (χ1v) is 6.37. The van der Waals surface area contributed by atoms with Gasteiger partial charge in [-0.05, 0) is 23.8 Å². The van der Waals surface area contributed by atoms with Crippen LogP contribution in [0.3, 0.4) is 0 Å². The Bertz CT molecular complexity index is 491. The molecular weight excluding hydrogens is 276 g/mol. The normalized spacial score (nSPS) is 12.1. The monoisotopic (exact) mass is 294 g/mol. The maximum atomic E-state index is 11.4. The van der Waals surface area contributed by atoms with E-state index < -0.39 is 24.5 Å². The van der Waals surface area contributed by atoms with Crippen LogP contribution in [0, 0.1) is 0 Å². The molecule has 0 bridgehead atoms. The van der Waals surface area contributed by atoms with Gasteiger partial charge < -0.3 is 19.7 Å². The van der Waals surface area contributed by atoms with E-state index in [-0.39, 0.29) is 13.0 Å². The zero-order valence-electron chi connectivity index (χ0n) is 11.7. The van der Waals surface area contributed by atoms with Crippen molar-refractivity contribution in [3.05, 3.63) is 35.9 Å². The molecule has 0 fully saturated rings. The van der Waals surface area contributed by atoms with Gasteiger partial charge in [0.15, 0.2) is 5.78 Å². The highest BCUT2D eigenvalue weighted by Gasteiger charge is 2.13. The number of ether oxygens (including phenoxy) is 2. The lowest BCUT2D eigenvalue weighted by Gasteiger charge is -2.07. The number of aliphatic hydroxyl groups excluding tert-OH is 2. The lowest BCUT2D eigenvalue weighted by atomic mass is 10.2. The molecule has 6 nitrogen and oxygen atoms in total. The van der Waals surface area contributed by atoms with Crippen molar-refractivity contribution in [2.24, 2.45) is 0 Å². The van der Waals surface area contributed by atoms with Crippen molar-refractivity contribution >= 4 is 17.8 Å². The van der Waals surface area contributed by atoms with E-state index in [1.165, 1.54) is 6.08 Å². The highest BCUT2D eigenvalue weighted by Crippen LogP contribution is 2.12. The maximum Gasteiger partial charge on any atom is 0.330 e. The number of Topliss-reactive ketones (excluding diaryl/α,β-unsaturated/α-hetero) is 1. The second-order valence-electron chi connectivity index (χ2n) is 4.20. The molecular formula is C15H18O6. The van der Waals surface area contributed by atoms with Gasteiger partial charge in [0.05, 0.1) is 13.7 Å². The van der Waals surface area contributed by atoms with Crippen LogP contribution in [0.25, 0.3) is 6.08 Å². The molecule has 1 atom stereocenters. The van der Waals surface area contributed by atoms with E-state index in [9.17, 15) is 14.7 Å². The molecule has 0 aromatic heterocycles. The number of ketones is 1. The van der Waals surface area contributed by atoms with E-state index in [1.54, 1.807) is 37.5 Å². The average Bonchev–Trinajstić information content (AvgIpc) is 2.52. The number of benzene rings is 1. The van der Waals surface area contributed by atoms with E-state index in [0.29, 0.717) is 0 Å². The van der Waals surface area contributed by atoms with Crippen LogP contribution in [0.1, 0.15) is 12.0 Å². The van der Waals surface area contributed by atoms with E-state index in [4.69, 9.17) is 14.6 Å². The minimum atomic E-state index is -1.31. The largest absolute Gasteiger partial charge is 0.497 e. The molecule has 0 amide bonds. The molecule has 0 aliphatic rings. The number of carbonyl (C=O) groups is 2. The number of aliphatic hydroxyl groups is 2. The second-order valence-corrected chi connectivity index (χ2v) is 4.20. The first-order valence-electron chi connectivity index (χ1n) is 6.37. The van der Waals surface area contributed by atoms with Crippen molar-refractivity contribution in [3.8, 4) is 5.75 Å². The van der Waals surface area contributed by atoms with E-state index >= 15 is 0 Å². The Morgan fingerprint density at radius 1 is 1.29 bits per heavy atom. The van der Waals surface area contributed by atoms with Gasteiger partial charge in [0, 0.05) is 12.5 Å². The summed E-state index contributed by atoms with van der Waals surface area (Å²) in [6.07, 6.45) is 1.48. The van der Waals surface area contributed by atoms with Crippen LogP contribution in [0.5, 0.6) is 5.75 Å². The van der Waals surface area contributed by atoms with Gasteiger partial charge in [-0.25, -0.2) is 4.79 Å². The summed E-state index contributed by atoms with van der Waals surface area (Å²) in [6.45, 7) is -0.828. The molecule has 1 rings (SSSR count). The predicted octanol–water partition coefficient (Wildman–Crippen LogP) is 0.564. The Labute approximate surface area is 122 Å². The number of esters is 1. The quantitative estimate of drug-likeness (QED) is 0.537. The highest BCUT2D eigenvalue weighted by molar-refractivity contribution is 5.87. The SMILES string of the molecule is COc1ccc(/C=C/C(=O)OCCC(O)C(=O)CO)cc1. The fraction of sp³-hybridized carbons (Fsp3) is 0.333. The first-order chi connectivity index (χ1) is 10.1. The molecule has 114 valence electrons. The lowest BCUT2D eigenvalue weighted by molar-refractivity contribution is -0.140. The average molecular weight is 294 g/mol. The summed E-state index contributed by atoms with van der Waals surface area (Å²) < 4.78 is 9.84. The summed E-state index contributed by atoms with van der Waals surface area (Å²) in [5, 5.41) is 17.8. The lowest BCUT2D eigenvalue weighted by Crippen LogP contribution is -2.25. The molecule has 6 heteroatoms. The van der Waals surface area contributed by atoms with Crippen LogP contribution in [0.15, 0.2) is 30.3 Å². The Morgan fingerprint density at radius 2 is 1.95 bits per heavy atom. The second kappa shape index (κ2) is 8.89.